The number of nitro benzene ring substituents is 1. The molecule has 6 heteroatoms. The molecule has 0 aromatic heterocycles. The first-order chi connectivity index (χ1) is 8.30. The van der Waals surface area contributed by atoms with E-state index in [0.29, 0.717) is 0 Å². The summed E-state index contributed by atoms with van der Waals surface area (Å²) in [4.78, 5) is 10.1. The highest BCUT2D eigenvalue weighted by Crippen LogP contribution is 2.39. The van der Waals surface area contributed by atoms with E-state index in [-0.39, 0.29) is 16.5 Å². The predicted molar refractivity (Wildman–Crippen MR) is 70.4 cm³/mol. The van der Waals surface area contributed by atoms with Gasteiger partial charge in [-0.15, -0.1) is 0 Å². The van der Waals surface area contributed by atoms with Crippen molar-refractivity contribution in [2.75, 3.05) is 6.54 Å². The van der Waals surface area contributed by atoms with Crippen LogP contribution < -0.4 is 0 Å². The summed E-state index contributed by atoms with van der Waals surface area (Å²) in [5, 5.41) is 10.5. The zero-order valence-corrected chi connectivity index (χ0v) is 11.4. The Balaban J connectivity index is 2.08. The Labute approximate surface area is 109 Å². The number of rotatable bonds is 3. The third-order valence-corrected chi connectivity index (χ3v) is 4.67. The molecule has 0 radical (unpaired) electrons. The topological polar surface area (TPSA) is 63.2 Å². The molecule has 0 N–H and O–H groups in total. The van der Waals surface area contributed by atoms with Crippen molar-refractivity contribution < 1.29 is 9.13 Å². The highest BCUT2D eigenvalue weighted by Gasteiger charge is 2.43. The smallest absolute Gasteiger partial charge is 0.258 e. The van der Waals surface area contributed by atoms with Crippen molar-refractivity contribution in [3.05, 3.63) is 39.9 Å². The number of nitro groups is 1. The number of hydrogen-bond acceptors (Lipinski definition) is 3. The van der Waals surface area contributed by atoms with Crippen LogP contribution in [0.4, 0.5) is 5.69 Å². The molecule has 1 heterocycles. The lowest BCUT2D eigenvalue weighted by Crippen LogP contribution is -2.27. The molecule has 1 saturated heterocycles. The highest BCUT2D eigenvalue weighted by molar-refractivity contribution is 7.84. The standard InChI is InChI=1S/C12H16N2O3S/c1-12(2,3)18(17)13-8-11(13)9-4-6-10(7-5-9)14(15)16/h4-7,11H,8H2,1-3H3/t11-,13?,18?/m0/s1. The molecule has 0 spiro atoms. The number of nitrogens with zero attached hydrogens (tertiary/aromatic N) is 2. The van der Waals surface area contributed by atoms with E-state index < -0.39 is 15.9 Å². The van der Waals surface area contributed by atoms with Crippen LogP contribution in [-0.4, -0.2) is 24.7 Å². The summed E-state index contributed by atoms with van der Waals surface area (Å²) in [5.41, 5.74) is 1.07. The Kier molecular flexibility index (Phi) is 3.25. The van der Waals surface area contributed by atoms with Crippen LogP contribution in [0.2, 0.25) is 0 Å². The first-order valence-electron chi connectivity index (χ1n) is 5.73. The minimum atomic E-state index is -1.02. The van der Waals surface area contributed by atoms with Crippen LogP contribution in [0, 0.1) is 10.1 Å². The van der Waals surface area contributed by atoms with E-state index in [0.717, 1.165) is 12.1 Å². The fourth-order valence-electron chi connectivity index (χ4n) is 1.75. The van der Waals surface area contributed by atoms with Gasteiger partial charge >= 0.3 is 0 Å². The summed E-state index contributed by atoms with van der Waals surface area (Å²) in [5.74, 6) is 0. The van der Waals surface area contributed by atoms with Gasteiger partial charge in [-0.3, -0.25) is 10.1 Å². The Morgan fingerprint density at radius 2 is 1.89 bits per heavy atom. The molecule has 1 aliphatic rings. The molecule has 2 rings (SSSR count). The molecule has 0 bridgehead atoms. The van der Waals surface area contributed by atoms with E-state index in [1.807, 2.05) is 25.1 Å². The van der Waals surface area contributed by atoms with Gasteiger partial charge in [-0.05, 0) is 26.3 Å². The largest absolute Gasteiger partial charge is 0.269 e. The molecule has 18 heavy (non-hydrogen) atoms. The van der Waals surface area contributed by atoms with Crippen molar-refractivity contribution in [2.24, 2.45) is 0 Å². The maximum Gasteiger partial charge on any atom is 0.269 e. The van der Waals surface area contributed by atoms with Crippen LogP contribution in [-0.2, 0) is 11.0 Å². The molecule has 1 aliphatic heterocycles. The average Bonchev–Trinajstić information content (AvgIpc) is 3.06. The first kappa shape index (κ1) is 13.2. The van der Waals surface area contributed by atoms with Crippen molar-refractivity contribution in [3.8, 4) is 0 Å². The van der Waals surface area contributed by atoms with Gasteiger partial charge in [0.1, 0.15) is 11.0 Å². The van der Waals surface area contributed by atoms with E-state index in [2.05, 4.69) is 0 Å². The van der Waals surface area contributed by atoms with Crippen molar-refractivity contribution >= 4 is 16.7 Å². The van der Waals surface area contributed by atoms with E-state index >= 15 is 0 Å². The molecule has 0 amide bonds. The van der Waals surface area contributed by atoms with Gasteiger partial charge in [0.15, 0.2) is 0 Å². The van der Waals surface area contributed by atoms with Crippen LogP contribution in [0.15, 0.2) is 24.3 Å². The average molecular weight is 268 g/mol. The maximum absolute atomic E-state index is 12.1. The second kappa shape index (κ2) is 4.44. The Morgan fingerprint density at radius 3 is 2.33 bits per heavy atom. The Hall–Kier alpha value is -1.27. The maximum atomic E-state index is 12.1. The van der Waals surface area contributed by atoms with Gasteiger partial charge in [0, 0.05) is 18.7 Å². The Bertz CT molecular complexity index is 493. The van der Waals surface area contributed by atoms with Gasteiger partial charge < -0.3 is 0 Å². The minimum absolute atomic E-state index is 0.0860. The van der Waals surface area contributed by atoms with Gasteiger partial charge in [0.2, 0.25) is 0 Å². The van der Waals surface area contributed by atoms with Gasteiger partial charge in [0.05, 0.1) is 15.7 Å². The summed E-state index contributed by atoms with van der Waals surface area (Å²) in [6, 6.07) is 6.59. The van der Waals surface area contributed by atoms with Crippen molar-refractivity contribution in [1.82, 2.24) is 4.31 Å². The van der Waals surface area contributed by atoms with E-state index in [1.165, 1.54) is 12.1 Å². The summed E-state index contributed by atoms with van der Waals surface area (Å²) in [6.07, 6.45) is 0. The van der Waals surface area contributed by atoms with E-state index in [9.17, 15) is 14.3 Å². The van der Waals surface area contributed by atoms with E-state index in [4.69, 9.17) is 0 Å². The first-order valence-corrected chi connectivity index (χ1v) is 6.84. The Morgan fingerprint density at radius 1 is 1.33 bits per heavy atom. The molecule has 2 unspecified atom stereocenters. The minimum Gasteiger partial charge on any atom is -0.258 e. The second-order valence-corrected chi connectivity index (χ2v) is 7.52. The fraction of sp³-hybridized carbons (Fsp3) is 0.500. The summed E-state index contributed by atoms with van der Waals surface area (Å²) in [7, 11) is -1.02. The molecule has 1 fully saturated rings. The summed E-state index contributed by atoms with van der Waals surface area (Å²) < 4.78 is 13.8. The van der Waals surface area contributed by atoms with Crippen LogP contribution in [0.3, 0.4) is 0 Å². The van der Waals surface area contributed by atoms with Crippen LogP contribution in [0.25, 0.3) is 0 Å². The van der Waals surface area contributed by atoms with Gasteiger partial charge in [-0.1, -0.05) is 12.1 Å². The van der Waals surface area contributed by atoms with Crippen molar-refractivity contribution in [2.45, 2.75) is 31.6 Å². The zero-order valence-electron chi connectivity index (χ0n) is 10.6. The molecule has 5 nitrogen and oxygen atoms in total. The third-order valence-electron chi connectivity index (χ3n) is 2.79. The van der Waals surface area contributed by atoms with Gasteiger partial charge in [0.25, 0.3) is 5.69 Å². The predicted octanol–water partition coefficient (Wildman–Crippen LogP) is 2.41. The molecule has 98 valence electrons. The van der Waals surface area contributed by atoms with Gasteiger partial charge in [-0.25, -0.2) is 8.51 Å². The molecule has 0 saturated carbocycles. The lowest BCUT2D eigenvalue weighted by Gasteiger charge is -2.18. The fourth-order valence-corrected chi connectivity index (χ4v) is 3.08. The second-order valence-electron chi connectivity index (χ2n) is 5.33. The third kappa shape index (κ3) is 2.59. The lowest BCUT2D eigenvalue weighted by molar-refractivity contribution is -0.384. The van der Waals surface area contributed by atoms with Crippen LogP contribution in [0.5, 0.6) is 0 Å². The van der Waals surface area contributed by atoms with Crippen molar-refractivity contribution in [1.29, 1.82) is 0 Å². The quantitative estimate of drug-likeness (QED) is 0.480. The van der Waals surface area contributed by atoms with Crippen LogP contribution in [0.1, 0.15) is 32.4 Å². The van der Waals surface area contributed by atoms with Gasteiger partial charge in [-0.2, -0.15) is 0 Å². The SMILES string of the molecule is CC(C)(C)S(=O)N1C[C@H]1c1ccc([N+](=O)[O-])cc1. The molecular weight excluding hydrogens is 252 g/mol. The molecular formula is C12H16N2O3S. The number of benzene rings is 1. The summed E-state index contributed by atoms with van der Waals surface area (Å²) in [6.45, 7) is 6.57. The molecule has 1 aromatic rings. The number of hydrogen-bond donors (Lipinski definition) is 0. The zero-order chi connectivity index (χ0) is 13.5. The molecule has 0 aliphatic carbocycles. The highest BCUT2D eigenvalue weighted by atomic mass is 32.2. The van der Waals surface area contributed by atoms with E-state index in [1.54, 1.807) is 12.1 Å². The van der Waals surface area contributed by atoms with Crippen molar-refractivity contribution in [3.63, 3.8) is 0 Å². The normalized spacial score (nSPS) is 24.6. The summed E-state index contributed by atoms with van der Waals surface area (Å²) >= 11 is 0. The molecule has 3 atom stereocenters. The monoisotopic (exact) mass is 268 g/mol. The molecule has 1 aromatic carbocycles. The van der Waals surface area contributed by atoms with Crippen LogP contribution >= 0.6 is 0 Å². The number of non-ortho nitro benzene ring substituents is 1. The lowest BCUT2D eigenvalue weighted by atomic mass is 10.1.